The Morgan fingerprint density at radius 2 is 2.10 bits per heavy atom. The average Bonchev–Trinajstić information content (AvgIpc) is 2.45. The van der Waals surface area contributed by atoms with E-state index in [-0.39, 0.29) is 10.9 Å². The first-order valence-corrected chi connectivity index (χ1v) is 9.79. The highest BCUT2D eigenvalue weighted by Crippen LogP contribution is 2.20. The number of nitrogens with one attached hydrogen (secondary N) is 1. The van der Waals surface area contributed by atoms with Gasteiger partial charge in [-0.2, -0.15) is 11.8 Å². The highest BCUT2D eigenvalue weighted by Gasteiger charge is 2.19. The molecule has 1 aromatic heterocycles. The van der Waals surface area contributed by atoms with Crippen molar-refractivity contribution in [2.24, 2.45) is 0 Å². The van der Waals surface area contributed by atoms with Crippen molar-refractivity contribution in [1.29, 1.82) is 0 Å². The molecule has 0 saturated carbocycles. The molecular formula is C14H17ClN2O2S2. The Hall–Kier alpha value is -0.820. The van der Waals surface area contributed by atoms with Crippen LogP contribution in [0.25, 0.3) is 10.9 Å². The molecule has 0 fully saturated rings. The minimum atomic E-state index is -3.52. The van der Waals surface area contributed by atoms with Gasteiger partial charge in [0, 0.05) is 17.2 Å². The molecule has 0 aliphatic carbocycles. The van der Waals surface area contributed by atoms with Crippen molar-refractivity contribution >= 4 is 44.3 Å². The van der Waals surface area contributed by atoms with E-state index in [1.807, 2.05) is 13.2 Å². The number of rotatable bonds is 6. The van der Waals surface area contributed by atoms with E-state index in [1.165, 1.54) is 0 Å². The molecule has 2 aromatic rings. The summed E-state index contributed by atoms with van der Waals surface area (Å²) in [4.78, 5) is 4.40. The van der Waals surface area contributed by atoms with Gasteiger partial charge < -0.3 is 0 Å². The number of halogens is 1. The van der Waals surface area contributed by atoms with Crippen LogP contribution in [-0.2, 0) is 10.0 Å². The number of sulfonamides is 1. The van der Waals surface area contributed by atoms with Crippen molar-refractivity contribution in [3.05, 3.63) is 35.5 Å². The van der Waals surface area contributed by atoms with Gasteiger partial charge in [0.15, 0.2) is 0 Å². The molecule has 2 rings (SSSR count). The third-order valence-electron chi connectivity index (χ3n) is 3.12. The second-order valence-electron chi connectivity index (χ2n) is 4.67. The molecule has 0 saturated heterocycles. The maximum absolute atomic E-state index is 12.4. The van der Waals surface area contributed by atoms with Crippen molar-refractivity contribution in [3.8, 4) is 0 Å². The van der Waals surface area contributed by atoms with Crippen molar-refractivity contribution in [1.82, 2.24) is 9.71 Å². The molecule has 21 heavy (non-hydrogen) atoms. The van der Waals surface area contributed by atoms with Crippen molar-refractivity contribution in [3.63, 3.8) is 0 Å². The molecule has 1 aromatic carbocycles. The SMILES string of the molecule is CCC(CSC)NS(=O)(=O)c1ccc2nc(Cl)ccc2c1. The van der Waals surface area contributed by atoms with Gasteiger partial charge in [-0.3, -0.25) is 0 Å². The lowest BCUT2D eigenvalue weighted by Gasteiger charge is -2.16. The van der Waals surface area contributed by atoms with Gasteiger partial charge in [0.05, 0.1) is 10.4 Å². The highest BCUT2D eigenvalue weighted by atomic mass is 35.5. The number of nitrogens with zero attached hydrogens (tertiary/aromatic N) is 1. The molecule has 0 bridgehead atoms. The molecule has 1 heterocycles. The normalized spacial score (nSPS) is 13.5. The summed E-state index contributed by atoms with van der Waals surface area (Å²) in [5.41, 5.74) is 0.678. The van der Waals surface area contributed by atoms with Crippen LogP contribution < -0.4 is 4.72 Å². The predicted molar refractivity (Wildman–Crippen MR) is 89.5 cm³/mol. The zero-order chi connectivity index (χ0) is 15.5. The van der Waals surface area contributed by atoms with E-state index < -0.39 is 10.0 Å². The second kappa shape index (κ2) is 6.96. The first-order chi connectivity index (χ1) is 9.96. The zero-order valence-electron chi connectivity index (χ0n) is 11.8. The van der Waals surface area contributed by atoms with Gasteiger partial charge in [-0.05, 0) is 43.0 Å². The maximum atomic E-state index is 12.4. The number of fused-ring (bicyclic) bond motifs is 1. The zero-order valence-corrected chi connectivity index (χ0v) is 14.2. The van der Waals surface area contributed by atoms with Crippen LogP contribution in [0.4, 0.5) is 0 Å². The Morgan fingerprint density at radius 3 is 2.76 bits per heavy atom. The summed E-state index contributed by atoms with van der Waals surface area (Å²) in [6, 6.07) is 8.20. The summed E-state index contributed by atoms with van der Waals surface area (Å²) in [7, 11) is -3.52. The fourth-order valence-electron chi connectivity index (χ4n) is 1.97. The fourth-order valence-corrected chi connectivity index (χ4v) is 4.30. The molecule has 114 valence electrons. The third kappa shape index (κ3) is 4.10. The first-order valence-electron chi connectivity index (χ1n) is 6.54. The summed E-state index contributed by atoms with van der Waals surface area (Å²) in [6.45, 7) is 1.97. The van der Waals surface area contributed by atoms with Crippen LogP contribution in [0.1, 0.15) is 13.3 Å². The fraction of sp³-hybridized carbons (Fsp3) is 0.357. The monoisotopic (exact) mass is 344 g/mol. The number of hydrogen-bond acceptors (Lipinski definition) is 4. The number of thioether (sulfide) groups is 1. The summed E-state index contributed by atoms with van der Waals surface area (Å²) in [5, 5.41) is 1.14. The van der Waals surface area contributed by atoms with Crippen LogP contribution in [-0.4, -0.2) is 31.5 Å². The lowest BCUT2D eigenvalue weighted by Crippen LogP contribution is -2.36. The summed E-state index contributed by atoms with van der Waals surface area (Å²) < 4.78 is 27.6. The Kier molecular flexibility index (Phi) is 5.48. The van der Waals surface area contributed by atoms with Crippen LogP contribution in [0.2, 0.25) is 5.15 Å². The molecule has 4 nitrogen and oxygen atoms in total. The summed E-state index contributed by atoms with van der Waals surface area (Å²) in [5.74, 6) is 0.750. The Bertz CT molecular complexity index is 735. The van der Waals surface area contributed by atoms with Gasteiger partial charge in [-0.1, -0.05) is 18.5 Å². The number of benzene rings is 1. The van der Waals surface area contributed by atoms with E-state index in [9.17, 15) is 8.42 Å². The Labute approximate surface area is 134 Å². The Balaban J connectivity index is 2.33. The molecule has 1 atom stereocenters. The molecule has 7 heteroatoms. The van der Waals surface area contributed by atoms with Gasteiger partial charge in [0.25, 0.3) is 0 Å². The van der Waals surface area contributed by atoms with Crippen LogP contribution in [0.15, 0.2) is 35.2 Å². The smallest absolute Gasteiger partial charge is 0.236 e. The molecule has 0 radical (unpaired) electrons. The van der Waals surface area contributed by atoms with Gasteiger partial charge >= 0.3 is 0 Å². The molecule has 0 amide bonds. The molecule has 0 aliphatic heterocycles. The number of hydrogen-bond donors (Lipinski definition) is 1. The van der Waals surface area contributed by atoms with Crippen molar-refractivity contribution in [2.75, 3.05) is 12.0 Å². The van der Waals surface area contributed by atoms with Crippen LogP contribution in [0.3, 0.4) is 0 Å². The van der Waals surface area contributed by atoms with Gasteiger partial charge in [0.2, 0.25) is 10.0 Å². The van der Waals surface area contributed by atoms with E-state index in [2.05, 4.69) is 9.71 Å². The van der Waals surface area contributed by atoms with Crippen LogP contribution in [0, 0.1) is 0 Å². The molecule has 0 spiro atoms. The second-order valence-corrected chi connectivity index (χ2v) is 7.68. The molecule has 1 N–H and O–H groups in total. The standard InChI is InChI=1S/C14H17ClN2O2S2/c1-3-11(9-20-2)17-21(18,19)12-5-6-13-10(8-12)4-7-14(15)16-13/h4-8,11,17H,3,9H2,1-2H3. The molecule has 0 aliphatic rings. The van der Waals surface area contributed by atoms with E-state index in [0.29, 0.717) is 10.7 Å². The molecule has 1 unspecified atom stereocenters. The maximum Gasteiger partial charge on any atom is 0.240 e. The van der Waals surface area contributed by atoms with E-state index in [4.69, 9.17) is 11.6 Å². The summed E-state index contributed by atoms with van der Waals surface area (Å²) in [6.07, 6.45) is 2.72. The van der Waals surface area contributed by atoms with Gasteiger partial charge in [-0.25, -0.2) is 18.1 Å². The van der Waals surface area contributed by atoms with E-state index in [1.54, 1.807) is 42.1 Å². The third-order valence-corrected chi connectivity index (χ3v) is 5.58. The largest absolute Gasteiger partial charge is 0.240 e. The summed E-state index contributed by atoms with van der Waals surface area (Å²) >= 11 is 7.45. The average molecular weight is 345 g/mol. The lowest BCUT2D eigenvalue weighted by atomic mass is 10.2. The topological polar surface area (TPSA) is 59.1 Å². The minimum absolute atomic E-state index is 0.0657. The minimum Gasteiger partial charge on any atom is -0.236 e. The predicted octanol–water partition coefficient (Wildman–Crippen LogP) is 3.31. The number of aromatic nitrogens is 1. The quantitative estimate of drug-likeness (QED) is 0.817. The first kappa shape index (κ1) is 16.5. The Morgan fingerprint density at radius 1 is 1.33 bits per heavy atom. The van der Waals surface area contributed by atoms with Crippen molar-refractivity contribution < 1.29 is 8.42 Å². The molecular weight excluding hydrogens is 328 g/mol. The van der Waals surface area contributed by atoms with Crippen LogP contribution >= 0.6 is 23.4 Å². The van der Waals surface area contributed by atoms with Crippen LogP contribution in [0.5, 0.6) is 0 Å². The van der Waals surface area contributed by atoms with Gasteiger partial charge in [0.1, 0.15) is 5.15 Å². The van der Waals surface area contributed by atoms with Crippen molar-refractivity contribution in [2.45, 2.75) is 24.3 Å². The highest BCUT2D eigenvalue weighted by molar-refractivity contribution is 7.98. The number of pyridine rings is 1. The lowest BCUT2D eigenvalue weighted by molar-refractivity contribution is 0.558. The van der Waals surface area contributed by atoms with E-state index in [0.717, 1.165) is 17.6 Å². The van der Waals surface area contributed by atoms with Gasteiger partial charge in [-0.15, -0.1) is 0 Å². The van der Waals surface area contributed by atoms with E-state index >= 15 is 0 Å².